The zero-order valence-electron chi connectivity index (χ0n) is 14.6. The van der Waals surface area contributed by atoms with Crippen molar-refractivity contribution < 1.29 is 0 Å². The number of fused-ring (bicyclic) bond motifs is 1. The normalized spacial score (nSPS) is 27.2. The molecule has 3 nitrogen and oxygen atoms in total. The number of nitrogens with zero attached hydrogens (tertiary/aromatic N) is 3. The molecular formula is C19H26ClN3S. The summed E-state index contributed by atoms with van der Waals surface area (Å²) in [5.41, 5.74) is 2.96. The lowest BCUT2D eigenvalue weighted by Gasteiger charge is -2.27. The van der Waals surface area contributed by atoms with Crippen molar-refractivity contribution in [2.45, 2.75) is 26.4 Å². The molecule has 2 saturated heterocycles. The molecule has 0 spiro atoms. The number of hydrogen-bond acceptors (Lipinski definition) is 4. The molecule has 3 heterocycles. The monoisotopic (exact) mass is 363 g/mol. The topological polar surface area (TPSA) is 19.4 Å². The minimum Gasteiger partial charge on any atom is -0.299 e. The Balaban J connectivity index is 0.00000169. The summed E-state index contributed by atoms with van der Waals surface area (Å²) in [6.45, 7) is 9.09. The van der Waals surface area contributed by atoms with Crippen molar-refractivity contribution in [1.82, 2.24) is 14.8 Å². The predicted octanol–water partition coefficient (Wildman–Crippen LogP) is 3.92. The van der Waals surface area contributed by atoms with Gasteiger partial charge in [0, 0.05) is 43.3 Å². The summed E-state index contributed by atoms with van der Waals surface area (Å²) in [7, 11) is 2.30. The molecule has 0 saturated carbocycles. The van der Waals surface area contributed by atoms with E-state index in [2.05, 4.69) is 66.1 Å². The Bertz CT molecular complexity index is 701. The first-order chi connectivity index (χ1) is 11.1. The fourth-order valence-electron chi connectivity index (χ4n) is 4.56. The zero-order chi connectivity index (χ0) is 16.0. The van der Waals surface area contributed by atoms with Gasteiger partial charge >= 0.3 is 0 Å². The Hall–Kier alpha value is -0.940. The van der Waals surface area contributed by atoms with E-state index in [1.54, 1.807) is 0 Å². The highest BCUT2D eigenvalue weighted by Crippen LogP contribution is 2.45. The molecule has 2 aromatic rings. The minimum absolute atomic E-state index is 0. The van der Waals surface area contributed by atoms with E-state index in [9.17, 15) is 0 Å². The molecule has 2 aliphatic rings. The molecule has 3 atom stereocenters. The van der Waals surface area contributed by atoms with Gasteiger partial charge in [-0.25, -0.2) is 4.98 Å². The van der Waals surface area contributed by atoms with Crippen molar-refractivity contribution in [2.24, 2.45) is 11.8 Å². The molecule has 2 aliphatic heterocycles. The third-order valence-corrected chi connectivity index (χ3v) is 6.42. The molecule has 1 aromatic heterocycles. The van der Waals surface area contributed by atoms with E-state index in [1.807, 2.05) is 11.3 Å². The second-order valence-electron chi connectivity index (χ2n) is 7.20. The number of aryl methyl sites for hydroxylation is 2. The first-order valence-electron chi connectivity index (χ1n) is 8.51. The van der Waals surface area contributed by atoms with Gasteiger partial charge in [-0.3, -0.25) is 9.80 Å². The maximum absolute atomic E-state index is 4.40. The van der Waals surface area contributed by atoms with E-state index in [1.165, 1.54) is 40.6 Å². The number of likely N-dealkylation sites (tertiary alicyclic amines) is 2. The van der Waals surface area contributed by atoms with Gasteiger partial charge in [0.1, 0.15) is 0 Å². The lowest BCUT2D eigenvalue weighted by Crippen LogP contribution is -2.29. The van der Waals surface area contributed by atoms with E-state index >= 15 is 0 Å². The van der Waals surface area contributed by atoms with Crippen LogP contribution in [0, 0.1) is 25.7 Å². The smallest absolute Gasteiger partial charge is 0.0897 e. The van der Waals surface area contributed by atoms with Crippen molar-refractivity contribution in [3.63, 3.8) is 0 Å². The molecule has 24 heavy (non-hydrogen) atoms. The highest BCUT2D eigenvalue weighted by Gasteiger charge is 2.46. The summed E-state index contributed by atoms with van der Waals surface area (Å²) < 4.78 is 0. The summed E-state index contributed by atoms with van der Waals surface area (Å²) in [5, 5.41) is 1.18. The Morgan fingerprint density at radius 3 is 2.67 bits per heavy atom. The summed E-state index contributed by atoms with van der Waals surface area (Å²) in [5.74, 6) is 1.56. The van der Waals surface area contributed by atoms with Gasteiger partial charge in [0.2, 0.25) is 0 Å². The predicted molar refractivity (Wildman–Crippen MR) is 103 cm³/mol. The number of rotatable bonds is 3. The maximum Gasteiger partial charge on any atom is 0.0897 e. The standard InChI is InChI=1S/C19H25N3S.ClH/c1-13-6-4-5-7-17(13)19-18-12-22(10-15(18)9-21(19)3)11-16-8-20-14(2)23-16;/h4-8,15,18-19H,9-12H2,1-3H3;1H/t15-,18+,19-;/m0./s1. The quantitative estimate of drug-likeness (QED) is 0.824. The van der Waals surface area contributed by atoms with Crippen LogP contribution >= 0.6 is 23.7 Å². The molecule has 4 rings (SSSR count). The van der Waals surface area contributed by atoms with E-state index in [-0.39, 0.29) is 12.4 Å². The van der Waals surface area contributed by atoms with Crippen molar-refractivity contribution in [2.75, 3.05) is 26.7 Å². The van der Waals surface area contributed by atoms with Crippen LogP contribution in [0.15, 0.2) is 30.5 Å². The van der Waals surface area contributed by atoms with Gasteiger partial charge in [0.25, 0.3) is 0 Å². The summed E-state index contributed by atoms with van der Waals surface area (Å²) in [6, 6.07) is 9.50. The van der Waals surface area contributed by atoms with Crippen LogP contribution in [0.5, 0.6) is 0 Å². The molecule has 0 aliphatic carbocycles. The highest BCUT2D eigenvalue weighted by molar-refractivity contribution is 7.11. The van der Waals surface area contributed by atoms with Gasteiger partial charge in [-0.1, -0.05) is 24.3 Å². The number of halogens is 1. The molecule has 5 heteroatoms. The molecule has 0 amide bonds. The first kappa shape index (κ1) is 17.9. The number of thiazole rings is 1. The van der Waals surface area contributed by atoms with E-state index in [0.29, 0.717) is 6.04 Å². The van der Waals surface area contributed by atoms with E-state index in [4.69, 9.17) is 0 Å². The summed E-state index contributed by atoms with van der Waals surface area (Å²) in [4.78, 5) is 11.0. The maximum atomic E-state index is 4.40. The van der Waals surface area contributed by atoms with Crippen LogP contribution in [0.1, 0.15) is 27.1 Å². The van der Waals surface area contributed by atoms with Crippen molar-refractivity contribution >= 4 is 23.7 Å². The fraction of sp³-hybridized carbons (Fsp3) is 0.526. The molecule has 0 unspecified atom stereocenters. The Morgan fingerprint density at radius 1 is 1.17 bits per heavy atom. The van der Waals surface area contributed by atoms with Crippen molar-refractivity contribution in [3.05, 3.63) is 51.5 Å². The Morgan fingerprint density at radius 2 is 1.96 bits per heavy atom. The third-order valence-electron chi connectivity index (χ3n) is 5.53. The number of aromatic nitrogens is 1. The number of hydrogen-bond donors (Lipinski definition) is 0. The Labute approximate surface area is 155 Å². The second kappa shape index (κ2) is 7.12. The van der Waals surface area contributed by atoms with Crippen LogP contribution in [0.4, 0.5) is 0 Å². The first-order valence-corrected chi connectivity index (χ1v) is 9.33. The average molecular weight is 364 g/mol. The molecule has 0 bridgehead atoms. The van der Waals surface area contributed by atoms with Gasteiger partial charge in [-0.05, 0) is 43.9 Å². The van der Waals surface area contributed by atoms with Gasteiger partial charge in [-0.15, -0.1) is 23.7 Å². The highest BCUT2D eigenvalue weighted by atomic mass is 35.5. The summed E-state index contributed by atoms with van der Waals surface area (Å²) in [6.07, 6.45) is 2.05. The van der Waals surface area contributed by atoms with E-state index < -0.39 is 0 Å². The fourth-order valence-corrected chi connectivity index (χ4v) is 5.40. The van der Waals surface area contributed by atoms with Crippen LogP contribution in [-0.4, -0.2) is 41.5 Å². The minimum atomic E-state index is 0. The van der Waals surface area contributed by atoms with Gasteiger partial charge < -0.3 is 0 Å². The van der Waals surface area contributed by atoms with Gasteiger partial charge in [0.15, 0.2) is 0 Å². The molecule has 0 radical (unpaired) electrons. The lowest BCUT2D eigenvalue weighted by atomic mass is 9.88. The van der Waals surface area contributed by atoms with Crippen LogP contribution < -0.4 is 0 Å². The summed E-state index contributed by atoms with van der Waals surface area (Å²) >= 11 is 1.84. The SMILES string of the molecule is Cc1ncc(CN2C[C@@H]3CN(C)[C@@H](c4ccccc4C)[C@@H]3C2)s1.Cl. The van der Waals surface area contributed by atoms with Crippen LogP contribution in [0.25, 0.3) is 0 Å². The third kappa shape index (κ3) is 3.25. The largest absolute Gasteiger partial charge is 0.299 e. The van der Waals surface area contributed by atoms with Crippen LogP contribution in [0.2, 0.25) is 0 Å². The molecular weight excluding hydrogens is 338 g/mol. The molecule has 130 valence electrons. The van der Waals surface area contributed by atoms with Crippen LogP contribution in [0.3, 0.4) is 0 Å². The lowest BCUT2D eigenvalue weighted by molar-refractivity contribution is 0.225. The molecule has 2 fully saturated rings. The van der Waals surface area contributed by atoms with E-state index in [0.717, 1.165) is 18.4 Å². The average Bonchev–Trinajstić information content (AvgIpc) is 3.15. The molecule has 0 N–H and O–H groups in total. The second-order valence-corrected chi connectivity index (χ2v) is 8.52. The van der Waals surface area contributed by atoms with Crippen molar-refractivity contribution in [1.29, 1.82) is 0 Å². The van der Waals surface area contributed by atoms with Crippen LogP contribution in [-0.2, 0) is 6.54 Å². The number of benzene rings is 1. The molecule has 1 aromatic carbocycles. The zero-order valence-corrected chi connectivity index (χ0v) is 16.2. The van der Waals surface area contributed by atoms with Gasteiger partial charge in [-0.2, -0.15) is 0 Å². The van der Waals surface area contributed by atoms with Crippen molar-refractivity contribution in [3.8, 4) is 0 Å². The Kier molecular flexibility index (Phi) is 5.30. The van der Waals surface area contributed by atoms with Gasteiger partial charge in [0.05, 0.1) is 5.01 Å².